The van der Waals surface area contributed by atoms with Gasteiger partial charge < -0.3 is 15.5 Å². The number of rotatable bonds is 4. The van der Waals surface area contributed by atoms with Gasteiger partial charge >= 0.3 is 0 Å². The second kappa shape index (κ2) is 8.64. The zero-order valence-corrected chi connectivity index (χ0v) is 16.7. The molecule has 3 rings (SSSR count). The van der Waals surface area contributed by atoms with E-state index in [0.717, 1.165) is 24.5 Å². The molecule has 0 saturated carbocycles. The summed E-state index contributed by atoms with van der Waals surface area (Å²) in [4.78, 5) is 11.1. The van der Waals surface area contributed by atoms with Crippen LogP contribution in [0, 0.1) is 12.8 Å². The van der Waals surface area contributed by atoms with Crippen LogP contribution in [-0.2, 0) is 6.54 Å². The molecule has 26 heavy (non-hydrogen) atoms. The van der Waals surface area contributed by atoms with Gasteiger partial charge in [0.15, 0.2) is 5.11 Å². The molecule has 0 bridgehead atoms. The van der Waals surface area contributed by atoms with E-state index in [1.54, 1.807) is 0 Å². The molecule has 2 heterocycles. The molecule has 0 amide bonds. The van der Waals surface area contributed by atoms with Crippen molar-refractivity contribution < 1.29 is 0 Å². The highest BCUT2D eigenvalue weighted by atomic mass is 35.5. The summed E-state index contributed by atoms with van der Waals surface area (Å²) in [6, 6.07) is 10.1. The van der Waals surface area contributed by atoms with Gasteiger partial charge in [0, 0.05) is 25.7 Å². The zero-order valence-electron chi connectivity index (χ0n) is 15.1. The van der Waals surface area contributed by atoms with Gasteiger partial charge in [0.1, 0.15) is 11.0 Å². The molecule has 1 aliphatic heterocycles. The van der Waals surface area contributed by atoms with Gasteiger partial charge in [-0.15, -0.1) is 0 Å². The van der Waals surface area contributed by atoms with E-state index in [9.17, 15) is 0 Å². The summed E-state index contributed by atoms with van der Waals surface area (Å²) >= 11 is 11.6. The van der Waals surface area contributed by atoms with E-state index < -0.39 is 0 Å². The van der Waals surface area contributed by atoms with Gasteiger partial charge in [-0.05, 0) is 43.5 Å². The first-order valence-corrected chi connectivity index (χ1v) is 9.68. The van der Waals surface area contributed by atoms with Crippen LogP contribution in [0.3, 0.4) is 0 Å². The minimum absolute atomic E-state index is 0.414. The van der Waals surface area contributed by atoms with Crippen molar-refractivity contribution in [3.63, 3.8) is 0 Å². The summed E-state index contributed by atoms with van der Waals surface area (Å²) in [5.41, 5.74) is 2.40. The lowest BCUT2D eigenvalue weighted by molar-refractivity contribution is 0.444. The lowest BCUT2D eigenvalue weighted by atomic mass is 10.0. The van der Waals surface area contributed by atoms with Crippen molar-refractivity contribution in [2.75, 3.05) is 23.3 Å². The van der Waals surface area contributed by atoms with Crippen molar-refractivity contribution >= 4 is 40.7 Å². The molecule has 0 radical (unpaired) electrons. The molecule has 0 spiro atoms. The van der Waals surface area contributed by atoms with Crippen LogP contribution in [0.25, 0.3) is 0 Å². The average Bonchev–Trinajstić information content (AvgIpc) is 2.61. The van der Waals surface area contributed by atoms with Gasteiger partial charge in [0.05, 0.1) is 0 Å². The summed E-state index contributed by atoms with van der Waals surface area (Å²) in [5, 5.41) is 7.11. The van der Waals surface area contributed by atoms with Crippen LogP contribution in [0.4, 0.5) is 11.8 Å². The van der Waals surface area contributed by atoms with Crippen LogP contribution in [0.15, 0.2) is 30.3 Å². The molecule has 7 heteroatoms. The number of nitrogens with zero attached hydrogens (tertiary/aromatic N) is 3. The van der Waals surface area contributed by atoms with Crippen LogP contribution in [-0.4, -0.2) is 28.2 Å². The summed E-state index contributed by atoms with van der Waals surface area (Å²) in [7, 11) is 0. The van der Waals surface area contributed by atoms with Crippen molar-refractivity contribution in [2.45, 2.75) is 33.2 Å². The number of thiocarbonyl (C=S) groups is 1. The molecule has 1 aromatic heterocycles. The Morgan fingerprint density at radius 1 is 1.31 bits per heavy atom. The van der Waals surface area contributed by atoms with Crippen molar-refractivity contribution in [3.8, 4) is 0 Å². The minimum Gasteiger partial charge on any atom is -0.358 e. The van der Waals surface area contributed by atoms with E-state index in [0.29, 0.717) is 28.7 Å². The number of anilines is 2. The number of hydrogen-bond donors (Lipinski definition) is 2. The molecule has 2 aromatic rings. The summed E-state index contributed by atoms with van der Waals surface area (Å²) < 4.78 is 0. The van der Waals surface area contributed by atoms with E-state index in [-0.39, 0.29) is 0 Å². The van der Waals surface area contributed by atoms with E-state index in [1.807, 2.05) is 6.07 Å². The predicted octanol–water partition coefficient (Wildman–Crippen LogP) is 4.16. The maximum atomic E-state index is 6.20. The normalized spacial score (nSPS) is 17.0. The molecule has 1 saturated heterocycles. The van der Waals surface area contributed by atoms with Crippen LogP contribution < -0.4 is 15.5 Å². The van der Waals surface area contributed by atoms with Gasteiger partial charge in [-0.2, -0.15) is 4.98 Å². The number of piperidine rings is 1. The van der Waals surface area contributed by atoms with E-state index >= 15 is 0 Å². The van der Waals surface area contributed by atoms with Gasteiger partial charge in [0.25, 0.3) is 0 Å². The molecule has 0 unspecified atom stereocenters. The molecular weight excluding hydrogens is 366 g/mol. The van der Waals surface area contributed by atoms with E-state index in [4.69, 9.17) is 23.8 Å². The highest BCUT2D eigenvalue weighted by molar-refractivity contribution is 7.80. The topological polar surface area (TPSA) is 53.1 Å². The second-order valence-corrected chi connectivity index (χ2v) is 7.65. The van der Waals surface area contributed by atoms with Gasteiger partial charge in [-0.3, -0.25) is 0 Å². The summed E-state index contributed by atoms with van der Waals surface area (Å²) in [6.45, 7) is 6.96. The Balaban J connectivity index is 1.61. The van der Waals surface area contributed by atoms with Crippen LogP contribution in [0.5, 0.6) is 0 Å². The number of halogens is 1. The Bertz CT molecular complexity index is 765. The fraction of sp³-hybridized carbons (Fsp3) is 0.421. The largest absolute Gasteiger partial charge is 0.358 e. The third-order valence-electron chi connectivity index (χ3n) is 4.46. The minimum atomic E-state index is 0.414. The van der Waals surface area contributed by atoms with Crippen molar-refractivity contribution in [1.82, 2.24) is 15.3 Å². The first-order valence-electron chi connectivity index (χ1n) is 8.89. The zero-order chi connectivity index (χ0) is 18.5. The number of aryl methyl sites for hydroxylation is 1. The first-order chi connectivity index (χ1) is 12.5. The third-order valence-corrected chi connectivity index (χ3v) is 4.90. The Morgan fingerprint density at radius 3 is 2.81 bits per heavy atom. The highest BCUT2D eigenvalue weighted by Gasteiger charge is 2.19. The fourth-order valence-corrected chi connectivity index (χ4v) is 3.40. The smallest absolute Gasteiger partial charge is 0.232 e. The number of aromatic nitrogens is 2. The molecular formula is C19H24ClN5S. The average molecular weight is 390 g/mol. The highest BCUT2D eigenvalue weighted by Crippen LogP contribution is 2.24. The first kappa shape index (κ1) is 18.9. The maximum absolute atomic E-state index is 6.20. The molecule has 0 aliphatic carbocycles. The molecule has 1 fully saturated rings. The molecule has 138 valence electrons. The summed E-state index contributed by atoms with van der Waals surface area (Å²) in [6.07, 6.45) is 2.43. The maximum Gasteiger partial charge on any atom is 0.232 e. The monoisotopic (exact) mass is 389 g/mol. The molecule has 1 atom stereocenters. The van der Waals surface area contributed by atoms with Crippen LogP contribution in [0.1, 0.15) is 30.9 Å². The van der Waals surface area contributed by atoms with Gasteiger partial charge in [-0.1, -0.05) is 48.4 Å². The summed E-state index contributed by atoms with van der Waals surface area (Å²) in [5.74, 6) is 1.93. The lowest BCUT2D eigenvalue weighted by Gasteiger charge is -2.32. The fourth-order valence-electron chi connectivity index (χ4n) is 3.06. The quantitative estimate of drug-likeness (QED) is 0.604. The van der Waals surface area contributed by atoms with Gasteiger partial charge in [0.2, 0.25) is 5.95 Å². The molecule has 2 N–H and O–H groups in total. The standard InChI is InChI=1S/C19H24ClN5S/c1-13-5-7-15(8-6-13)11-21-19(26)24-18-22-16(20)10-17(23-18)25-9-3-4-14(2)12-25/h5-8,10,14H,3-4,9,11-12H2,1-2H3,(H2,21,22,23,24,26)/t14-/m0/s1. The van der Waals surface area contributed by atoms with E-state index in [2.05, 4.69) is 63.6 Å². The second-order valence-electron chi connectivity index (χ2n) is 6.86. The third kappa shape index (κ3) is 5.29. The predicted molar refractivity (Wildman–Crippen MR) is 112 cm³/mol. The Morgan fingerprint density at radius 2 is 2.08 bits per heavy atom. The van der Waals surface area contributed by atoms with Crippen LogP contribution in [0.2, 0.25) is 5.15 Å². The van der Waals surface area contributed by atoms with Gasteiger partial charge in [-0.25, -0.2) is 4.98 Å². The molecule has 1 aliphatic rings. The van der Waals surface area contributed by atoms with Crippen molar-refractivity contribution in [3.05, 3.63) is 46.6 Å². The number of nitrogens with one attached hydrogen (secondary N) is 2. The number of hydrogen-bond acceptors (Lipinski definition) is 4. The number of benzene rings is 1. The lowest BCUT2D eigenvalue weighted by Crippen LogP contribution is -2.35. The van der Waals surface area contributed by atoms with Crippen molar-refractivity contribution in [1.29, 1.82) is 0 Å². The SMILES string of the molecule is Cc1ccc(CNC(=S)Nc2nc(Cl)cc(N3CCC[C@H](C)C3)n2)cc1. The molecule has 1 aromatic carbocycles. The Kier molecular flexibility index (Phi) is 6.27. The van der Waals surface area contributed by atoms with Crippen LogP contribution >= 0.6 is 23.8 Å². The Labute approximate surface area is 165 Å². The van der Waals surface area contributed by atoms with E-state index in [1.165, 1.54) is 18.4 Å². The van der Waals surface area contributed by atoms with Crippen molar-refractivity contribution in [2.24, 2.45) is 5.92 Å². The molecule has 5 nitrogen and oxygen atoms in total. The Hall–Kier alpha value is -1.92.